The predicted molar refractivity (Wildman–Crippen MR) is 45.0 cm³/mol. The van der Waals surface area contributed by atoms with Gasteiger partial charge < -0.3 is 4.79 Å². The van der Waals surface area contributed by atoms with Crippen LogP contribution in [0.15, 0.2) is 0 Å². The quantitative estimate of drug-likeness (QED) is 0.442. The second-order valence-electron chi connectivity index (χ2n) is 3.35. The van der Waals surface area contributed by atoms with Crippen molar-refractivity contribution < 1.29 is 4.79 Å². The molecule has 11 heavy (non-hydrogen) atoms. The smallest absolute Gasteiger partial charge is 0.124 e. The molecule has 1 rings (SSSR count). The minimum Gasteiger partial charge on any atom is -0.303 e. The lowest BCUT2D eigenvalue weighted by Gasteiger charge is -2.05. The lowest BCUT2D eigenvalue weighted by molar-refractivity contribution is -0.109. The second kappa shape index (κ2) is 3.09. The van der Waals surface area contributed by atoms with Gasteiger partial charge in [0, 0.05) is 11.3 Å². The van der Waals surface area contributed by atoms with E-state index >= 15 is 0 Å². The normalized spacial score (nSPS) is 34.4. The SMILES string of the molecule is C#CC1(CCCC)CC1C=O. The molecule has 0 aromatic carbocycles. The number of hydrogen-bond donors (Lipinski definition) is 0. The van der Waals surface area contributed by atoms with Gasteiger partial charge in [0.15, 0.2) is 0 Å². The zero-order chi connectivity index (χ0) is 8.32. The highest BCUT2D eigenvalue weighted by Crippen LogP contribution is 2.54. The van der Waals surface area contributed by atoms with E-state index in [1.807, 2.05) is 0 Å². The molecule has 0 amide bonds. The molecular formula is C10H14O. The van der Waals surface area contributed by atoms with Crippen LogP contribution in [0.2, 0.25) is 0 Å². The average molecular weight is 150 g/mol. The summed E-state index contributed by atoms with van der Waals surface area (Å²) in [4.78, 5) is 10.4. The van der Waals surface area contributed by atoms with Gasteiger partial charge in [0.2, 0.25) is 0 Å². The van der Waals surface area contributed by atoms with Crippen molar-refractivity contribution in [2.24, 2.45) is 11.3 Å². The Morgan fingerprint density at radius 1 is 1.82 bits per heavy atom. The van der Waals surface area contributed by atoms with Crippen molar-refractivity contribution in [3.05, 3.63) is 0 Å². The van der Waals surface area contributed by atoms with Gasteiger partial charge in [-0.2, -0.15) is 0 Å². The Balaban J connectivity index is 2.41. The zero-order valence-corrected chi connectivity index (χ0v) is 6.97. The van der Waals surface area contributed by atoms with Crippen molar-refractivity contribution in [3.8, 4) is 12.3 Å². The van der Waals surface area contributed by atoms with E-state index in [4.69, 9.17) is 6.42 Å². The fourth-order valence-corrected chi connectivity index (χ4v) is 1.53. The van der Waals surface area contributed by atoms with Gasteiger partial charge in [-0.3, -0.25) is 0 Å². The highest BCUT2D eigenvalue weighted by Gasteiger charge is 2.51. The van der Waals surface area contributed by atoms with E-state index < -0.39 is 0 Å². The summed E-state index contributed by atoms with van der Waals surface area (Å²) in [6.45, 7) is 2.14. The fourth-order valence-electron chi connectivity index (χ4n) is 1.53. The van der Waals surface area contributed by atoms with Gasteiger partial charge in [-0.25, -0.2) is 0 Å². The van der Waals surface area contributed by atoms with Crippen molar-refractivity contribution in [2.45, 2.75) is 32.6 Å². The van der Waals surface area contributed by atoms with Crippen LogP contribution < -0.4 is 0 Å². The summed E-state index contributed by atoms with van der Waals surface area (Å²) < 4.78 is 0. The average Bonchev–Trinajstić information content (AvgIpc) is 2.76. The Morgan fingerprint density at radius 3 is 2.91 bits per heavy atom. The van der Waals surface area contributed by atoms with Gasteiger partial charge in [0.05, 0.1) is 0 Å². The minimum absolute atomic E-state index is 0.0300. The highest BCUT2D eigenvalue weighted by atomic mass is 16.1. The number of terminal acetylenes is 1. The van der Waals surface area contributed by atoms with E-state index in [9.17, 15) is 4.79 Å². The third-order valence-corrected chi connectivity index (χ3v) is 2.56. The molecule has 0 aromatic rings. The maximum atomic E-state index is 10.4. The zero-order valence-electron chi connectivity index (χ0n) is 6.97. The van der Waals surface area contributed by atoms with Gasteiger partial charge in [0.25, 0.3) is 0 Å². The van der Waals surface area contributed by atoms with Crippen LogP contribution in [0.5, 0.6) is 0 Å². The molecule has 1 aliphatic carbocycles. The monoisotopic (exact) mass is 150 g/mol. The Bertz CT molecular complexity index is 190. The Kier molecular flexibility index (Phi) is 2.34. The molecule has 2 atom stereocenters. The largest absolute Gasteiger partial charge is 0.303 e. The maximum absolute atomic E-state index is 10.4. The number of carbonyl (C=O) groups is 1. The Labute approximate surface area is 68.2 Å². The molecule has 1 nitrogen and oxygen atoms in total. The molecule has 1 fully saturated rings. The molecule has 1 heteroatoms. The van der Waals surface area contributed by atoms with Crippen molar-refractivity contribution in [1.29, 1.82) is 0 Å². The van der Waals surface area contributed by atoms with Crippen LogP contribution >= 0.6 is 0 Å². The second-order valence-corrected chi connectivity index (χ2v) is 3.35. The van der Waals surface area contributed by atoms with E-state index in [1.54, 1.807) is 0 Å². The Hall–Kier alpha value is -0.770. The molecule has 0 heterocycles. The van der Waals surface area contributed by atoms with Gasteiger partial charge in [0.1, 0.15) is 6.29 Å². The summed E-state index contributed by atoms with van der Waals surface area (Å²) in [6.07, 6.45) is 10.6. The summed E-state index contributed by atoms with van der Waals surface area (Å²) in [7, 11) is 0. The van der Waals surface area contributed by atoms with E-state index in [0.717, 1.165) is 32.0 Å². The molecule has 1 aliphatic rings. The summed E-state index contributed by atoms with van der Waals surface area (Å²) in [5, 5.41) is 0. The summed E-state index contributed by atoms with van der Waals surface area (Å²) in [6, 6.07) is 0. The van der Waals surface area contributed by atoms with Crippen LogP contribution in [0.3, 0.4) is 0 Å². The first kappa shape index (κ1) is 8.33. The third-order valence-electron chi connectivity index (χ3n) is 2.56. The third kappa shape index (κ3) is 1.45. The van der Waals surface area contributed by atoms with Crippen LogP contribution in [-0.2, 0) is 4.79 Å². The lowest BCUT2D eigenvalue weighted by atomic mass is 9.98. The number of carbonyl (C=O) groups excluding carboxylic acids is 1. The summed E-state index contributed by atoms with van der Waals surface area (Å²) >= 11 is 0. The first-order valence-corrected chi connectivity index (χ1v) is 4.22. The standard InChI is InChI=1S/C10H14O/c1-3-5-6-10(4-2)7-9(10)8-11/h2,8-9H,3,5-7H2,1H3. The lowest BCUT2D eigenvalue weighted by Crippen LogP contribution is -2.00. The minimum atomic E-state index is -0.0300. The first-order chi connectivity index (χ1) is 5.29. The molecule has 60 valence electrons. The molecule has 0 N–H and O–H groups in total. The molecule has 0 spiro atoms. The van der Waals surface area contributed by atoms with Gasteiger partial charge >= 0.3 is 0 Å². The van der Waals surface area contributed by atoms with E-state index in [2.05, 4.69) is 12.8 Å². The number of hydrogen-bond acceptors (Lipinski definition) is 1. The molecule has 0 radical (unpaired) electrons. The molecule has 0 saturated heterocycles. The number of aldehydes is 1. The molecular weight excluding hydrogens is 136 g/mol. The maximum Gasteiger partial charge on any atom is 0.124 e. The van der Waals surface area contributed by atoms with Crippen molar-refractivity contribution in [2.75, 3.05) is 0 Å². The Morgan fingerprint density at radius 2 is 2.55 bits per heavy atom. The van der Waals surface area contributed by atoms with Crippen LogP contribution in [0.4, 0.5) is 0 Å². The van der Waals surface area contributed by atoms with Crippen molar-refractivity contribution >= 4 is 6.29 Å². The molecule has 1 saturated carbocycles. The molecule has 2 unspecified atom stereocenters. The van der Waals surface area contributed by atoms with E-state index in [1.165, 1.54) is 0 Å². The van der Waals surface area contributed by atoms with Gasteiger partial charge in [-0.15, -0.1) is 6.42 Å². The molecule has 0 aromatic heterocycles. The van der Waals surface area contributed by atoms with Crippen LogP contribution in [0.25, 0.3) is 0 Å². The van der Waals surface area contributed by atoms with Gasteiger partial charge in [-0.1, -0.05) is 25.7 Å². The van der Waals surface area contributed by atoms with Gasteiger partial charge in [-0.05, 0) is 12.8 Å². The molecule has 0 aliphatic heterocycles. The van der Waals surface area contributed by atoms with E-state index in [-0.39, 0.29) is 11.3 Å². The van der Waals surface area contributed by atoms with Crippen LogP contribution in [0.1, 0.15) is 32.6 Å². The highest BCUT2D eigenvalue weighted by molar-refractivity contribution is 5.62. The topological polar surface area (TPSA) is 17.1 Å². The van der Waals surface area contributed by atoms with Crippen molar-refractivity contribution in [3.63, 3.8) is 0 Å². The summed E-state index contributed by atoms with van der Waals surface area (Å²) in [5.41, 5.74) is -0.0300. The summed E-state index contributed by atoms with van der Waals surface area (Å²) in [5.74, 6) is 2.92. The van der Waals surface area contributed by atoms with Crippen LogP contribution in [0, 0.1) is 23.7 Å². The fraction of sp³-hybridized carbons (Fsp3) is 0.700. The number of unbranched alkanes of at least 4 members (excludes halogenated alkanes) is 1. The predicted octanol–water partition coefficient (Wildman–Crippen LogP) is 2.01. The van der Waals surface area contributed by atoms with E-state index in [0.29, 0.717) is 0 Å². The van der Waals surface area contributed by atoms with Crippen LogP contribution in [-0.4, -0.2) is 6.29 Å². The number of rotatable bonds is 4. The molecule has 0 bridgehead atoms. The first-order valence-electron chi connectivity index (χ1n) is 4.22. The van der Waals surface area contributed by atoms with Crippen molar-refractivity contribution in [1.82, 2.24) is 0 Å².